The van der Waals surface area contributed by atoms with E-state index in [0.717, 1.165) is 22.5 Å². The fraction of sp³-hybridized carbons (Fsp3) is 0.381. The van der Waals surface area contributed by atoms with E-state index in [2.05, 4.69) is 4.98 Å². The summed E-state index contributed by atoms with van der Waals surface area (Å²) in [7, 11) is 0. The lowest BCUT2D eigenvalue weighted by Gasteiger charge is -2.42. The van der Waals surface area contributed by atoms with Gasteiger partial charge in [-0.1, -0.05) is 18.2 Å². The lowest BCUT2D eigenvalue weighted by atomic mass is 9.88. The van der Waals surface area contributed by atoms with Gasteiger partial charge in [0, 0.05) is 18.0 Å². The SMILES string of the molecule is Cc1cc(-c2cn3ccccc3n2)ccc1[C@@H](O)[C@H]1O[C@H](CO)[C@@H](O)[C@H](O)[C@@H]1O. The minimum absolute atomic E-state index is 0.516. The number of aromatic nitrogens is 2. The van der Waals surface area contributed by atoms with Gasteiger partial charge < -0.3 is 34.7 Å². The molecule has 3 aromatic rings. The molecule has 2 aromatic heterocycles. The third-order valence-corrected chi connectivity index (χ3v) is 5.49. The second-order valence-electron chi connectivity index (χ2n) is 7.40. The van der Waals surface area contributed by atoms with Gasteiger partial charge in [-0.05, 0) is 36.2 Å². The van der Waals surface area contributed by atoms with E-state index >= 15 is 0 Å². The van der Waals surface area contributed by atoms with Gasteiger partial charge in [-0.3, -0.25) is 0 Å². The van der Waals surface area contributed by atoms with Crippen LogP contribution in [0.5, 0.6) is 0 Å². The van der Waals surface area contributed by atoms with Crippen molar-refractivity contribution >= 4 is 5.65 Å². The first-order valence-electron chi connectivity index (χ1n) is 9.44. The van der Waals surface area contributed by atoms with E-state index in [1.165, 1.54) is 0 Å². The number of aryl methyl sites for hydroxylation is 1. The predicted molar refractivity (Wildman–Crippen MR) is 104 cm³/mol. The van der Waals surface area contributed by atoms with Crippen LogP contribution in [0.25, 0.3) is 16.9 Å². The summed E-state index contributed by atoms with van der Waals surface area (Å²) in [6, 6.07) is 11.2. The molecule has 29 heavy (non-hydrogen) atoms. The number of rotatable bonds is 4. The molecule has 0 saturated carbocycles. The third kappa shape index (κ3) is 3.55. The number of fused-ring (bicyclic) bond motifs is 1. The molecule has 0 aliphatic carbocycles. The minimum atomic E-state index is -1.53. The molecule has 1 saturated heterocycles. The third-order valence-electron chi connectivity index (χ3n) is 5.49. The van der Waals surface area contributed by atoms with Crippen molar-refractivity contribution in [2.75, 3.05) is 6.61 Å². The molecule has 1 aromatic carbocycles. The van der Waals surface area contributed by atoms with E-state index in [-0.39, 0.29) is 0 Å². The summed E-state index contributed by atoms with van der Waals surface area (Å²) in [6.07, 6.45) is -4.17. The lowest BCUT2D eigenvalue weighted by molar-refractivity contribution is -0.250. The standard InChI is InChI=1S/C21H24N2O6/c1-11-8-12(14-9-23-7-3-2-4-16(23)22-14)5-6-13(11)17(25)21-20(28)19(27)18(26)15(10-24)29-21/h2-9,15,17-21,24-28H,10H2,1H3/t15-,17-,18-,19+,20+,21-/m1/s1. The molecule has 1 fully saturated rings. The largest absolute Gasteiger partial charge is 0.394 e. The molecule has 0 bridgehead atoms. The van der Waals surface area contributed by atoms with Crippen LogP contribution in [0.1, 0.15) is 17.2 Å². The van der Waals surface area contributed by atoms with Crippen molar-refractivity contribution in [3.63, 3.8) is 0 Å². The van der Waals surface area contributed by atoms with Crippen LogP contribution in [0.3, 0.4) is 0 Å². The normalized spacial score (nSPS) is 28.6. The molecular weight excluding hydrogens is 376 g/mol. The van der Waals surface area contributed by atoms with Crippen molar-refractivity contribution < 1.29 is 30.3 Å². The molecule has 0 radical (unpaired) electrons. The zero-order valence-electron chi connectivity index (χ0n) is 15.8. The summed E-state index contributed by atoms with van der Waals surface area (Å²) in [5, 5.41) is 50.3. The van der Waals surface area contributed by atoms with Gasteiger partial charge in [-0.2, -0.15) is 0 Å². The smallest absolute Gasteiger partial charge is 0.137 e. The number of nitrogens with zero attached hydrogens (tertiary/aromatic N) is 2. The summed E-state index contributed by atoms with van der Waals surface area (Å²) in [4.78, 5) is 4.59. The van der Waals surface area contributed by atoms with E-state index in [0.29, 0.717) is 5.56 Å². The highest BCUT2D eigenvalue weighted by molar-refractivity contribution is 5.64. The average molecular weight is 400 g/mol. The minimum Gasteiger partial charge on any atom is -0.394 e. The Labute approximate surface area is 167 Å². The van der Waals surface area contributed by atoms with Crippen LogP contribution in [-0.2, 0) is 4.74 Å². The Balaban J connectivity index is 1.62. The van der Waals surface area contributed by atoms with Gasteiger partial charge in [0.2, 0.25) is 0 Å². The van der Waals surface area contributed by atoms with Crippen LogP contribution in [0.2, 0.25) is 0 Å². The van der Waals surface area contributed by atoms with Crippen molar-refractivity contribution in [3.8, 4) is 11.3 Å². The zero-order chi connectivity index (χ0) is 20.7. The molecule has 3 heterocycles. The van der Waals surface area contributed by atoms with Crippen LogP contribution in [0, 0.1) is 6.92 Å². The Kier molecular flexibility index (Phi) is 5.39. The number of aliphatic hydroxyl groups is 5. The summed E-state index contributed by atoms with van der Waals surface area (Å²) >= 11 is 0. The highest BCUT2D eigenvalue weighted by atomic mass is 16.6. The summed E-state index contributed by atoms with van der Waals surface area (Å²) in [5.41, 5.74) is 3.75. The second-order valence-corrected chi connectivity index (χ2v) is 7.40. The first kappa shape index (κ1) is 20.0. The predicted octanol–water partition coefficient (Wildman–Crippen LogP) is 0.186. The van der Waals surface area contributed by atoms with Gasteiger partial charge in [0.05, 0.1) is 12.3 Å². The molecule has 0 unspecified atom stereocenters. The number of benzene rings is 1. The maximum absolute atomic E-state index is 10.8. The Bertz CT molecular complexity index is 971. The summed E-state index contributed by atoms with van der Waals surface area (Å²) < 4.78 is 7.40. The number of ether oxygens (including phenoxy) is 1. The highest BCUT2D eigenvalue weighted by Crippen LogP contribution is 2.33. The van der Waals surface area contributed by atoms with Crippen LogP contribution in [0.4, 0.5) is 0 Å². The Hall–Kier alpha value is -2.33. The van der Waals surface area contributed by atoms with E-state index in [4.69, 9.17) is 4.74 Å². The van der Waals surface area contributed by atoms with E-state index in [9.17, 15) is 25.5 Å². The topological polar surface area (TPSA) is 128 Å². The molecule has 5 N–H and O–H groups in total. The van der Waals surface area contributed by atoms with E-state index < -0.39 is 43.2 Å². The molecule has 154 valence electrons. The van der Waals surface area contributed by atoms with Gasteiger partial charge >= 0.3 is 0 Å². The maximum Gasteiger partial charge on any atom is 0.137 e. The van der Waals surface area contributed by atoms with Crippen LogP contribution < -0.4 is 0 Å². The van der Waals surface area contributed by atoms with Gasteiger partial charge in [0.1, 0.15) is 42.3 Å². The van der Waals surface area contributed by atoms with Crippen molar-refractivity contribution in [1.82, 2.24) is 9.38 Å². The molecule has 4 rings (SSSR count). The number of hydrogen-bond donors (Lipinski definition) is 5. The quantitative estimate of drug-likeness (QED) is 0.423. The van der Waals surface area contributed by atoms with Gasteiger partial charge in [-0.25, -0.2) is 4.98 Å². The molecular formula is C21H24N2O6. The number of hydrogen-bond acceptors (Lipinski definition) is 7. The molecule has 1 aliphatic rings. The van der Waals surface area contributed by atoms with E-state index in [1.54, 1.807) is 6.07 Å². The fourth-order valence-electron chi connectivity index (χ4n) is 3.81. The molecule has 6 atom stereocenters. The lowest BCUT2D eigenvalue weighted by Crippen LogP contribution is -2.59. The van der Waals surface area contributed by atoms with Crippen molar-refractivity contribution in [2.24, 2.45) is 0 Å². The highest BCUT2D eigenvalue weighted by Gasteiger charge is 2.46. The van der Waals surface area contributed by atoms with Gasteiger partial charge in [0.15, 0.2) is 0 Å². The Morgan fingerprint density at radius 1 is 1.10 bits per heavy atom. The monoisotopic (exact) mass is 400 g/mol. The second kappa shape index (κ2) is 7.83. The molecule has 0 amide bonds. The van der Waals surface area contributed by atoms with Crippen LogP contribution >= 0.6 is 0 Å². The molecule has 1 aliphatic heterocycles. The molecule has 8 heteroatoms. The first-order valence-corrected chi connectivity index (χ1v) is 9.44. The van der Waals surface area contributed by atoms with Crippen molar-refractivity contribution in [2.45, 2.75) is 43.5 Å². The van der Waals surface area contributed by atoms with Crippen molar-refractivity contribution in [1.29, 1.82) is 0 Å². The fourth-order valence-corrected chi connectivity index (χ4v) is 3.81. The van der Waals surface area contributed by atoms with Crippen molar-refractivity contribution in [3.05, 3.63) is 59.9 Å². The average Bonchev–Trinajstić information content (AvgIpc) is 3.16. The molecule has 0 spiro atoms. The summed E-state index contributed by atoms with van der Waals surface area (Å²) in [6.45, 7) is 1.28. The number of aliphatic hydroxyl groups excluding tert-OH is 5. The van der Waals surface area contributed by atoms with Crippen LogP contribution in [0.15, 0.2) is 48.8 Å². The van der Waals surface area contributed by atoms with Gasteiger partial charge in [0.25, 0.3) is 0 Å². The number of imidazole rings is 1. The Morgan fingerprint density at radius 3 is 2.59 bits per heavy atom. The van der Waals surface area contributed by atoms with Gasteiger partial charge in [-0.15, -0.1) is 0 Å². The van der Waals surface area contributed by atoms with E-state index in [1.807, 2.05) is 54.0 Å². The maximum atomic E-state index is 10.8. The first-order chi connectivity index (χ1) is 13.9. The number of pyridine rings is 1. The Morgan fingerprint density at radius 2 is 1.90 bits per heavy atom. The zero-order valence-corrected chi connectivity index (χ0v) is 15.8. The van der Waals surface area contributed by atoms with Crippen LogP contribution in [-0.4, -0.2) is 72.0 Å². The molecule has 8 nitrogen and oxygen atoms in total. The summed E-state index contributed by atoms with van der Waals surface area (Å²) in [5.74, 6) is 0.